The molecule has 0 radical (unpaired) electrons. The maximum atomic E-state index is 6.70. The van der Waals surface area contributed by atoms with E-state index in [0.29, 0.717) is 5.95 Å². The Morgan fingerprint density at radius 3 is 1.17 bits per heavy atom. The fourth-order valence-electron chi connectivity index (χ4n) is 8.21. The highest BCUT2D eigenvalue weighted by molar-refractivity contribution is 6.19. The molecule has 0 aliphatic heterocycles. The lowest BCUT2D eigenvalue weighted by Gasteiger charge is -2.15. The Hall–Kier alpha value is -7.82. The van der Waals surface area contributed by atoms with Gasteiger partial charge in [0.1, 0.15) is 5.58 Å². The van der Waals surface area contributed by atoms with Gasteiger partial charge >= 0.3 is 0 Å². The molecule has 11 rings (SSSR count). The lowest BCUT2D eigenvalue weighted by molar-refractivity contribution is 0.641. The van der Waals surface area contributed by atoms with Crippen LogP contribution in [0.15, 0.2) is 217 Å². The van der Waals surface area contributed by atoms with Crippen LogP contribution < -0.4 is 0 Å². The van der Waals surface area contributed by atoms with E-state index in [0.717, 1.165) is 100.0 Å². The number of para-hydroxylation sites is 2. The van der Waals surface area contributed by atoms with E-state index in [4.69, 9.17) is 14.4 Å². The van der Waals surface area contributed by atoms with Crippen molar-refractivity contribution in [2.45, 2.75) is 0 Å². The zero-order valence-electron chi connectivity index (χ0n) is 31.5. The van der Waals surface area contributed by atoms with Gasteiger partial charge in [0.05, 0.1) is 22.3 Å². The predicted molar refractivity (Wildman–Crippen MR) is 239 cm³/mol. The molecule has 0 aliphatic carbocycles. The van der Waals surface area contributed by atoms with Crippen molar-refractivity contribution in [3.63, 3.8) is 0 Å². The van der Waals surface area contributed by atoms with Crippen molar-refractivity contribution in [3.05, 3.63) is 212 Å². The Balaban J connectivity index is 1.22. The van der Waals surface area contributed by atoms with E-state index in [9.17, 15) is 0 Å². The summed E-state index contributed by atoms with van der Waals surface area (Å²) in [5.41, 5.74) is 15.1. The highest BCUT2D eigenvalue weighted by Gasteiger charge is 2.22. The van der Waals surface area contributed by atoms with Crippen LogP contribution in [0.4, 0.5) is 0 Å². The minimum atomic E-state index is 0.538. The molecule has 0 spiro atoms. The van der Waals surface area contributed by atoms with E-state index in [2.05, 4.69) is 205 Å². The van der Waals surface area contributed by atoms with Gasteiger partial charge < -0.3 is 4.42 Å². The molecule has 0 fully saturated rings. The molecule has 0 unspecified atom stereocenters. The summed E-state index contributed by atoms with van der Waals surface area (Å²) in [4.78, 5) is 10.9. The average Bonchev–Trinajstić information content (AvgIpc) is 3.84. The minimum Gasteiger partial charge on any atom is -0.439 e. The normalized spacial score (nSPS) is 11.4. The fourth-order valence-corrected chi connectivity index (χ4v) is 8.21. The van der Waals surface area contributed by atoms with Crippen molar-refractivity contribution in [2.24, 2.45) is 0 Å². The molecule has 0 N–H and O–H groups in total. The van der Waals surface area contributed by atoms with E-state index in [1.165, 1.54) is 0 Å². The van der Waals surface area contributed by atoms with E-state index < -0.39 is 0 Å². The molecule has 11 aromatic rings. The SMILES string of the molecule is c1ccc(-c2cc(-c3ccccc3)cc(-c3cc(-c4cc(-c5ccccc5)cc(-c5ccccc5)c4)nc(-n4c5ccccc5c5c6ccccc6oc54)n3)c2)cc1. The predicted octanol–water partition coefficient (Wildman–Crippen LogP) is 14.3. The first-order chi connectivity index (χ1) is 28.7. The molecular weight excluding hydrogens is 707 g/mol. The third-order valence-electron chi connectivity index (χ3n) is 11.0. The second kappa shape index (κ2) is 14.0. The van der Waals surface area contributed by atoms with Gasteiger partial charge in [-0.2, -0.15) is 0 Å². The highest BCUT2D eigenvalue weighted by atomic mass is 16.3. The summed E-state index contributed by atoms with van der Waals surface area (Å²) in [6.45, 7) is 0. The summed E-state index contributed by atoms with van der Waals surface area (Å²) in [6, 6.07) is 74.6. The first kappa shape index (κ1) is 33.5. The maximum absolute atomic E-state index is 6.70. The standard InChI is InChI=1S/C54H35N3O/c1-5-17-36(18-6-1)40-29-41(37-19-7-2-8-20-37)32-44(31-40)48-35-49(45-33-42(38-21-9-3-10-22-38)30-43(34-45)39-23-11-4-12-24-39)56-54(55-48)57-50-27-15-13-25-46(50)52-47-26-14-16-28-51(47)58-53(52)57/h1-35H. The molecule has 4 nitrogen and oxygen atoms in total. The summed E-state index contributed by atoms with van der Waals surface area (Å²) in [7, 11) is 0. The third-order valence-corrected chi connectivity index (χ3v) is 11.0. The van der Waals surface area contributed by atoms with Gasteiger partial charge in [-0.15, -0.1) is 0 Å². The molecule has 0 saturated heterocycles. The Morgan fingerprint density at radius 1 is 0.328 bits per heavy atom. The Labute approximate surface area is 336 Å². The number of aromatic nitrogens is 3. The van der Waals surface area contributed by atoms with Crippen LogP contribution in [0.25, 0.3) is 106 Å². The molecule has 4 heteroatoms. The van der Waals surface area contributed by atoms with Crippen molar-refractivity contribution in [1.29, 1.82) is 0 Å². The quantitative estimate of drug-likeness (QED) is 0.163. The Bertz CT molecular complexity index is 3000. The summed E-state index contributed by atoms with van der Waals surface area (Å²) in [5, 5.41) is 3.21. The monoisotopic (exact) mass is 741 g/mol. The first-order valence-electron chi connectivity index (χ1n) is 19.6. The Kier molecular flexibility index (Phi) is 8.11. The molecule has 8 aromatic carbocycles. The van der Waals surface area contributed by atoms with Crippen LogP contribution in [0.5, 0.6) is 0 Å². The third kappa shape index (κ3) is 5.96. The summed E-state index contributed by atoms with van der Waals surface area (Å²) >= 11 is 0. The van der Waals surface area contributed by atoms with E-state index in [1.807, 2.05) is 12.1 Å². The number of nitrogens with zero attached hydrogens (tertiary/aromatic N) is 3. The second-order valence-electron chi connectivity index (χ2n) is 14.6. The van der Waals surface area contributed by atoms with Gasteiger partial charge in [-0.05, 0) is 99.1 Å². The number of hydrogen-bond acceptors (Lipinski definition) is 3. The van der Waals surface area contributed by atoms with Gasteiger partial charge in [0.25, 0.3) is 0 Å². The van der Waals surface area contributed by atoms with Crippen LogP contribution in [-0.4, -0.2) is 14.5 Å². The molecule has 0 amide bonds. The van der Waals surface area contributed by atoms with Crippen LogP contribution in [0.1, 0.15) is 0 Å². The number of benzene rings is 8. The molecule has 0 aliphatic rings. The lowest BCUT2D eigenvalue weighted by Crippen LogP contribution is -2.04. The molecule has 0 bridgehead atoms. The van der Waals surface area contributed by atoms with Gasteiger partial charge in [-0.25, -0.2) is 14.5 Å². The van der Waals surface area contributed by atoms with Gasteiger partial charge in [0, 0.05) is 21.9 Å². The first-order valence-corrected chi connectivity index (χ1v) is 19.6. The van der Waals surface area contributed by atoms with Gasteiger partial charge in [-0.1, -0.05) is 158 Å². The van der Waals surface area contributed by atoms with Crippen LogP contribution in [0, 0.1) is 0 Å². The smallest absolute Gasteiger partial charge is 0.238 e. The van der Waals surface area contributed by atoms with E-state index in [1.54, 1.807) is 0 Å². The average molecular weight is 742 g/mol. The zero-order valence-corrected chi connectivity index (χ0v) is 31.5. The number of fused-ring (bicyclic) bond motifs is 5. The van der Waals surface area contributed by atoms with Gasteiger partial charge in [0.2, 0.25) is 11.7 Å². The fraction of sp³-hybridized carbons (Fsp3) is 0. The van der Waals surface area contributed by atoms with Crippen molar-refractivity contribution >= 4 is 33.0 Å². The molecule has 0 saturated carbocycles. The molecule has 3 heterocycles. The van der Waals surface area contributed by atoms with Crippen molar-refractivity contribution < 1.29 is 4.42 Å². The summed E-state index contributed by atoms with van der Waals surface area (Å²) in [6.07, 6.45) is 0. The summed E-state index contributed by atoms with van der Waals surface area (Å²) < 4.78 is 8.80. The minimum absolute atomic E-state index is 0.538. The molecule has 272 valence electrons. The second-order valence-corrected chi connectivity index (χ2v) is 14.6. The molecular formula is C54H35N3O. The van der Waals surface area contributed by atoms with Crippen molar-refractivity contribution in [1.82, 2.24) is 14.5 Å². The van der Waals surface area contributed by atoms with Crippen LogP contribution in [-0.2, 0) is 0 Å². The van der Waals surface area contributed by atoms with Gasteiger partial charge in [-0.3, -0.25) is 0 Å². The van der Waals surface area contributed by atoms with Crippen molar-refractivity contribution in [3.8, 4) is 73.0 Å². The Morgan fingerprint density at radius 2 is 0.707 bits per heavy atom. The van der Waals surface area contributed by atoms with E-state index >= 15 is 0 Å². The molecule has 58 heavy (non-hydrogen) atoms. The number of hydrogen-bond donors (Lipinski definition) is 0. The maximum Gasteiger partial charge on any atom is 0.238 e. The summed E-state index contributed by atoms with van der Waals surface area (Å²) in [5.74, 6) is 0.538. The number of rotatable bonds is 7. The highest BCUT2D eigenvalue weighted by Crippen LogP contribution is 2.41. The largest absolute Gasteiger partial charge is 0.439 e. The van der Waals surface area contributed by atoms with Crippen molar-refractivity contribution in [2.75, 3.05) is 0 Å². The zero-order chi connectivity index (χ0) is 38.4. The van der Waals surface area contributed by atoms with Crippen LogP contribution >= 0.6 is 0 Å². The van der Waals surface area contributed by atoms with Crippen LogP contribution in [0.3, 0.4) is 0 Å². The topological polar surface area (TPSA) is 43.9 Å². The number of furan rings is 1. The van der Waals surface area contributed by atoms with E-state index in [-0.39, 0.29) is 0 Å². The van der Waals surface area contributed by atoms with Gasteiger partial charge in [0.15, 0.2) is 0 Å². The molecule has 0 atom stereocenters. The lowest BCUT2D eigenvalue weighted by atomic mass is 9.93. The van der Waals surface area contributed by atoms with Crippen LogP contribution in [0.2, 0.25) is 0 Å². The molecule has 3 aromatic heterocycles.